The van der Waals surface area contributed by atoms with Gasteiger partial charge in [-0.3, -0.25) is 0 Å². The summed E-state index contributed by atoms with van der Waals surface area (Å²) in [5.41, 5.74) is -6.81. The van der Waals surface area contributed by atoms with Gasteiger partial charge in [-0.15, -0.1) is 6.58 Å². The summed E-state index contributed by atoms with van der Waals surface area (Å²) in [6, 6.07) is 0.946. The van der Waals surface area contributed by atoms with Crippen molar-refractivity contribution in [2.75, 3.05) is 24.7 Å². The first kappa shape index (κ1) is 27.8. The van der Waals surface area contributed by atoms with Crippen LogP contribution < -0.4 is 9.64 Å². The van der Waals surface area contributed by atoms with Crippen LogP contribution in [-0.4, -0.2) is 59.1 Å². The van der Waals surface area contributed by atoms with Gasteiger partial charge in [-0.1, -0.05) is 6.08 Å². The zero-order valence-corrected chi connectivity index (χ0v) is 19.6. The summed E-state index contributed by atoms with van der Waals surface area (Å²) in [5, 5.41) is 9.14. The van der Waals surface area contributed by atoms with Gasteiger partial charge in [-0.25, -0.2) is 13.4 Å². The number of rotatable bonds is 9. The number of fused-ring (bicyclic) bond motifs is 1. The van der Waals surface area contributed by atoms with Gasteiger partial charge in [0.05, 0.1) is 30.7 Å². The Morgan fingerprint density at radius 2 is 1.97 bits per heavy atom. The van der Waals surface area contributed by atoms with Crippen LogP contribution in [-0.2, 0) is 29.3 Å². The van der Waals surface area contributed by atoms with Gasteiger partial charge in [0.25, 0.3) is 0 Å². The number of hydrogen-bond donors (Lipinski definition) is 2. The minimum Gasteiger partial charge on any atom is -0.490 e. The van der Waals surface area contributed by atoms with Crippen LogP contribution >= 0.6 is 0 Å². The van der Waals surface area contributed by atoms with Crippen LogP contribution in [0.3, 0.4) is 0 Å². The number of allylic oxidation sites excluding steroid dienone is 1. The molecule has 1 aromatic carbocycles. The van der Waals surface area contributed by atoms with Gasteiger partial charge < -0.3 is 19.7 Å². The predicted octanol–water partition coefficient (Wildman–Crippen LogP) is 3.81. The molecule has 1 aliphatic heterocycles. The number of aromatic amines is 1. The Hall–Kier alpha value is -2.78. The van der Waals surface area contributed by atoms with E-state index in [9.17, 15) is 34.8 Å². The van der Waals surface area contributed by atoms with Crippen molar-refractivity contribution in [1.29, 1.82) is 0 Å². The highest BCUT2D eigenvalue weighted by Gasteiger charge is 2.52. The lowest BCUT2D eigenvalue weighted by molar-refractivity contribution is -0.139. The van der Waals surface area contributed by atoms with Gasteiger partial charge >= 0.3 is 21.7 Å². The number of nitrogens with zero attached hydrogens (tertiary/aromatic N) is 3. The van der Waals surface area contributed by atoms with Gasteiger partial charge in [-0.05, 0) is 25.0 Å². The number of nitrogens with one attached hydrogen (secondary N) is 1. The maximum Gasteiger partial charge on any atom is 0.511 e. The maximum absolute atomic E-state index is 13.8. The minimum absolute atomic E-state index is 0.0144. The third kappa shape index (κ3) is 5.78. The number of anilines is 1. The van der Waals surface area contributed by atoms with E-state index in [0.29, 0.717) is 12.1 Å². The Kier molecular flexibility index (Phi) is 8.25. The molecule has 2 aromatic rings. The fraction of sp³-hybridized carbons (Fsp3) is 0.476. The number of hydrogen-bond acceptors (Lipinski definition) is 6. The Labute approximate surface area is 203 Å². The first-order chi connectivity index (χ1) is 16.8. The Bertz CT molecular complexity index is 1150. The van der Waals surface area contributed by atoms with Gasteiger partial charge in [0.15, 0.2) is 0 Å². The van der Waals surface area contributed by atoms with Crippen LogP contribution in [0.15, 0.2) is 37.3 Å². The van der Waals surface area contributed by atoms with E-state index in [1.54, 1.807) is 0 Å². The Morgan fingerprint density at radius 3 is 2.53 bits per heavy atom. The van der Waals surface area contributed by atoms with E-state index >= 15 is 0 Å². The van der Waals surface area contributed by atoms with E-state index in [2.05, 4.69) is 16.5 Å². The number of alkyl halides is 6. The monoisotopic (exact) mass is 542 g/mol. The zero-order chi connectivity index (χ0) is 26.7. The molecular weight excluding hydrogens is 518 g/mol. The Balaban J connectivity index is 2.29. The second-order valence-electron chi connectivity index (χ2n) is 7.98. The van der Waals surface area contributed by atoms with Crippen molar-refractivity contribution >= 4 is 15.7 Å². The van der Waals surface area contributed by atoms with Gasteiger partial charge in [0.2, 0.25) is 0 Å². The van der Waals surface area contributed by atoms with Crippen molar-refractivity contribution in [3.05, 3.63) is 54.1 Å². The number of aromatic nitrogens is 2. The normalized spacial score (nSPS) is 17.5. The maximum atomic E-state index is 13.8. The zero-order valence-electron chi connectivity index (χ0n) is 18.8. The summed E-state index contributed by atoms with van der Waals surface area (Å²) < 4.78 is 112. The number of aliphatic hydroxyl groups is 1. The molecule has 0 fully saturated rings. The number of benzene rings is 1. The van der Waals surface area contributed by atoms with Gasteiger partial charge in [0, 0.05) is 36.6 Å². The molecule has 2 heterocycles. The molecule has 8 nitrogen and oxygen atoms in total. The van der Waals surface area contributed by atoms with Crippen LogP contribution in [0, 0.1) is 0 Å². The highest BCUT2D eigenvalue weighted by molar-refractivity contribution is 7.89. The van der Waals surface area contributed by atoms with Gasteiger partial charge in [0.1, 0.15) is 12.4 Å². The highest BCUT2D eigenvalue weighted by atomic mass is 32.2. The fourth-order valence-corrected chi connectivity index (χ4v) is 4.96. The third-order valence-corrected chi connectivity index (χ3v) is 7.15. The van der Waals surface area contributed by atoms with Crippen molar-refractivity contribution in [1.82, 2.24) is 14.3 Å². The molecule has 0 saturated carbocycles. The molecule has 1 aliphatic rings. The number of sulfonamides is 1. The second-order valence-corrected chi connectivity index (χ2v) is 9.91. The van der Waals surface area contributed by atoms with E-state index in [4.69, 9.17) is 9.84 Å². The molecule has 1 unspecified atom stereocenters. The smallest absolute Gasteiger partial charge is 0.490 e. The molecule has 15 heteroatoms. The van der Waals surface area contributed by atoms with Crippen molar-refractivity contribution in [3.8, 4) is 5.75 Å². The lowest BCUT2D eigenvalue weighted by Gasteiger charge is -2.34. The minimum atomic E-state index is -5.92. The lowest BCUT2D eigenvalue weighted by atomic mass is 10.0. The first-order valence-corrected chi connectivity index (χ1v) is 12.1. The molecule has 0 spiro atoms. The fourth-order valence-electron chi connectivity index (χ4n) is 4.00. The quantitative estimate of drug-likeness (QED) is 0.370. The van der Waals surface area contributed by atoms with Crippen molar-refractivity contribution in [2.45, 2.75) is 43.7 Å². The average molecular weight is 543 g/mol. The largest absolute Gasteiger partial charge is 0.511 e. The standard InChI is InChI=1S/C21H24F6N4O4S/c1-2-3-4-15-11-30(36(33,34)21(25,26)27)12-16-18(31(15)10-14-9-28-13-29-14)6-5-17(20(22,23)24)19(16)35-8-7-32/h2,5-6,9,13,15,32H,1,3-4,7-8,10-12H2,(H,28,29). The van der Waals surface area contributed by atoms with E-state index in [0.717, 1.165) is 12.1 Å². The summed E-state index contributed by atoms with van der Waals surface area (Å²) in [7, 11) is -5.92. The topological polar surface area (TPSA) is 98.8 Å². The summed E-state index contributed by atoms with van der Waals surface area (Å²) >= 11 is 0. The summed E-state index contributed by atoms with van der Waals surface area (Å²) in [6.45, 7) is 0.636. The third-order valence-electron chi connectivity index (χ3n) is 5.61. The number of halogens is 6. The molecule has 36 heavy (non-hydrogen) atoms. The summed E-state index contributed by atoms with van der Waals surface area (Å²) in [5.74, 6) is -0.838. The van der Waals surface area contributed by atoms with Gasteiger partial charge in [-0.2, -0.15) is 30.6 Å². The van der Waals surface area contributed by atoms with Crippen LogP contribution in [0.2, 0.25) is 0 Å². The number of ether oxygens (including phenoxy) is 1. The Morgan fingerprint density at radius 1 is 1.25 bits per heavy atom. The van der Waals surface area contributed by atoms with Crippen molar-refractivity contribution in [3.63, 3.8) is 0 Å². The average Bonchev–Trinajstić information content (AvgIpc) is 3.24. The van der Waals surface area contributed by atoms with E-state index in [-0.39, 0.29) is 23.0 Å². The molecule has 1 aromatic heterocycles. The van der Waals surface area contributed by atoms with Crippen molar-refractivity contribution < 1.29 is 44.6 Å². The number of imidazole rings is 1. The number of aliphatic hydroxyl groups excluding tert-OH is 1. The molecule has 0 amide bonds. The summed E-state index contributed by atoms with van der Waals surface area (Å²) in [6.07, 6.45) is -0.202. The van der Waals surface area contributed by atoms with E-state index in [1.165, 1.54) is 23.5 Å². The van der Waals surface area contributed by atoms with Crippen molar-refractivity contribution in [2.24, 2.45) is 0 Å². The molecule has 3 rings (SSSR count). The van der Waals surface area contributed by atoms with Crippen LogP contribution in [0.4, 0.5) is 32.0 Å². The molecule has 0 aliphatic carbocycles. The molecule has 200 valence electrons. The molecule has 1 atom stereocenters. The molecule has 2 N–H and O–H groups in total. The lowest BCUT2D eigenvalue weighted by Crippen LogP contribution is -2.46. The van der Waals surface area contributed by atoms with E-state index < -0.39 is 70.9 Å². The molecule has 0 radical (unpaired) electrons. The molecular formula is C21H24F6N4O4S. The highest BCUT2D eigenvalue weighted by Crippen LogP contribution is 2.45. The first-order valence-electron chi connectivity index (χ1n) is 10.7. The second kappa shape index (κ2) is 10.7. The van der Waals surface area contributed by atoms with E-state index in [1.807, 2.05) is 0 Å². The molecule has 0 bridgehead atoms. The molecule has 0 saturated heterocycles. The van der Waals surface area contributed by atoms with Crippen LogP contribution in [0.25, 0.3) is 0 Å². The SMILES string of the molecule is C=CCCC1CN(S(=O)(=O)C(F)(F)F)Cc2c(ccc(C(F)(F)F)c2OCCO)N1Cc1cnc[nH]1. The number of H-pyrrole nitrogens is 1. The summed E-state index contributed by atoms with van der Waals surface area (Å²) in [4.78, 5) is 8.26. The predicted molar refractivity (Wildman–Crippen MR) is 117 cm³/mol. The van der Waals surface area contributed by atoms with Crippen LogP contribution in [0.5, 0.6) is 5.75 Å². The van der Waals surface area contributed by atoms with Crippen LogP contribution in [0.1, 0.15) is 29.7 Å².